The number of carbonyl (C=O) groups excluding carboxylic acids is 2. The number of aliphatic hydroxyl groups excluding tert-OH is 1. The summed E-state index contributed by atoms with van der Waals surface area (Å²) in [6.45, 7) is 3.17. The number of hydrogen-bond donors (Lipinski definition) is 1. The number of carbonyl (C=O) groups is 2. The summed E-state index contributed by atoms with van der Waals surface area (Å²) >= 11 is 3.33. The number of ketones is 2. The third-order valence-electron chi connectivity index (χ3n) is 3.28. The van der Waals surface area contributed by atoms with Gasteiger partial charge in [-0.15, -0.1) is 0 Å². The highest BCUT2D eigenvalue weighted by atomic mass is 79.9. The number of allylic oxidation sites excluding steroid dienone is 1. The molecule has 1 N–H and O–H groups in total. The first kappa shape index (κ1) is 13.2. The molecule has 1 aliphatic rings. The van der Waals surface area contributed by atoms with Crippen LogP contribution in [0.15, 0.2) is 34.3 Å². The van der Waals surface area contributed by atoms with Crippen LogP contribution in [-0.4, -0.2) is 22.8 Å². The molecule has 0 saturated carbocycles. The Morgan fingerprint density at radius 2 is 1.67 bits per heavy atom. The number of rotatable bonds is 1. The molecule has 0 aliphatic heterocycles. The van der Waals surface area contributed by atoms with E-state index in [9.17, 15) is 14.7 Å². The standard InChI is InChI=1S/C14H13BrO3/c1-7-11(9-3-5-10(15)6-4-9)12(16)8(2)14(18)13(7)17/h3-6,8,14,18H,1-2H3/t8-,14-/m1/s1. The van der Waals surface area contributed by atoms with Gasteiger partial charge in [0.25, 0.3) is 0 Å². The molecular weight excluding hydrogens is 296 g/mol. The highest BCUT2D eigenvalue weighted by Gasteiger charge is 2.38. The van der Waals surface area contributed by atoms with E-state index in [0.29, 0.717) is 16.7 Å². The predicted molar refractivity (Wildman–Crippen MR) is 71.9 cm³/mol. The molecule has 18 heavy (non-hydrogen) atoms. The average Bonchev–Trinajstić information content (AvgIpc) is 2.36. The van der Waals surface area contributed by atoms with Gasteiger partial charge in [0.1, 0.15) is 6.10 Å². The molecule has 1 aromatic rings. The van der Waals surface area contributed by atoms with Crippen LogP contribution in [0.1, 0.15) is 19.4 Å². The first-order chi connectivity index (χ1) is 8.43. The van der Waals surface area contributed by atoms with Crippen LogP contribution in [0.4, 0.5) is 0 Å². The third-order valence-corrected chi connectivity index (χ3v) is 3.81. The molecule has 0 radical (unpaired) electrons. The molecule has 0 fully saturated rings. The van der Waals surface area contributed by atoms with Gasteiger partial charge in [-0.25, -0.2) is 0 Å². The minimum Gasteiger partial charge on any atom is -0.384 e. The number of hydrogen-bond acceptors (Lipinski definition) is 3. The molecule has 0 unspecified atom stereocenters. The van der Waals surface area contributed by atoms with Crippen LogP contribution < -0.4 is 0 Å². The van der Waals surface area contributed by atoms with Gasteiger partial charge in [0, 0.05) is 15.6 Å². The molecule has 3 nitrogen and oxygen atoms in total. The molecule has 0 saturated heterocycles. The molecule has 2 rings (SSSR count). The van der Waals surface area contributed by atoms with Crippen molar-refractivity contribution in [3.8, 4) is 0 Å². The van der Waals surface area contributed by atoms with E-state index >= 15 is 0 Å². The molecule has 0 heterocycles. The molecule has 2 atom stereocenters. The van der Waals surface area contributed by atoms with Crippen LogP contribution in [-0.2, 0) is 9.59 Å². The van der Waals surface area contributed by atoms with E-state index in [1.54, 1.807) is 26.0 Å². The number of halogens is 1. The van der Waals surface area contributed by atoms with Crippen LogP contribution >= 0.6 is 15.9 Å². The summed E-state index contributed by atoms with van der Waals surface area (Å²) in [5.41, 5.74) is 1.48. The lowest BCUT2D eigenvalue weighted by molar-refractivity contribution is -0.133. The lowest BCUT2D eigenvalue weighted by Gasteiger charge is -2.25. The zero-order valence-electron chi connectivity index (χ0n) is 10.1. The van der Waals surface area contributed by atoms with Crippen molar-refractivity contribution >= 4 is 33.1 Å². The number of benzene rings is 1. The quantitative estimate of drug-likeness (QED) is 0.866. The molecule has 0 bridgehead atoms. The summed E-state index contributed by atoms with van der Waals surface area (Å²) in [7, 11) is 0. The van der Waals surface area contributed by atoms with Gasteiger partial charge in [0.05, 0.1) is 5.92 Å². The molecule has 1 aliphatic carbocycles. The van der Waals surface area contributed by atoms with Crippen LogP contribution in [0.2, 0.25) is 0 Å². The lowest BCUT2D eigenvalue weighted by atomic mass is 9.79. The molecule has 0 aromatic heterocycles. The second-order valence-corrected chi connectivity index (χ2v) is 5.38. The van der Waals surface area contributed by atoms with Crippen molar-refractivity contribution < 1.29 is 14.7 Å². The number of Topliss-reactive ketones (excluding diaryl/α,β-unsaturated/α-hetero) is 2. The Balaban J connectivity index is 2.57. The van der Waals surface area contributed by atoms with Crippen molar-refractivity contribution in [3.05, 3.63) is 39.9 Å². The second-order valence-electron chi connectivity index (χ2n) is 4.47. The topological polar surface area (TPSA) is 54.4 Å². The van der Waals surface area contributed by atoms with Gasteiger partial charge < -0.3 is 5.11 Å². The highest BCUT2D eigenvalue weighted by molar-refractivity contribution is 9.10. The molecule has 1 aromatic carbocycles. The summed E-state index contributed by atoms with van der Waals surface area (Å²) in [5, 5.41) is 9.68. The molecule has 4 heteroatoms. The summed E-state index contributed by atoms with van der Waals surface area (Å²) in [4.78, 5) is 24.1. The fraction of sp³-hybridized carbons (Fsp3) is 0.286. The maximum atomic E-state index is 12.2. The maximum absolute atomic E-state index is 12.2. The maximum Gasteiger partial charge on any atom is 0.188 e. The van der Waals surface area contributed by atoms with E-state index in [2.05, 4.69) is 15.9 Å². The van der Waals surface area contributed by atoms with Gasteiger partial charge in [-0.2, -0.15) is 0 Å². The van der Waals surface area contributed by atoms with Crippen LogP contribution in [0, 0.1) is 5.92 Å². The Labute approximate surface area is 114 Å². The normalized spacial score (nSPS) is 24.7. The van der Waals surface area contributed by atoms with Crippen molar-refractivity contribution in [3.63, 3.8) is 0 Å². The van der Waals surface area contributed by atoms with Gasteiger partial charge >= 0.3 is 0 Å². The second kappa shape index (κ2) is 4.78. The van der Waals surface area contributed by atoms with Crippen molar-refractivity contribution in [2.75, 3.05) is 0 Å². The average molecular weight is 309 g/mol. The largest absolute Gasteiger partial charge is 0.384 e. The summed E-state index contributed by atoms with van der Waals surface area (Å²) < 4.78 is 0.909. The Morgan fingerprint density at radius 1 is 1.11 bits per heavy atom. The monoisotopic (exact) mass is 308 g/mol. The number of aliphatic hydroxyl groups is 1. The minimum absolute atomic E-state index is 0.179. The van der Waals surface area contributed by atoms with E-state index in [-0.39, 0.29) is 11.6 Å². The van der Waals surface area contributed by atoms with Gasteiger partial charge in [-0.3, -0.25) is 9.59 Å². The van der Waals surface area contributed by atoms with Crippen LogP contribution in [0.3, 0.4) is 0 Å². The fourth-order valence-electron chi connectivity index (χ4n) is 2.10. The van der Waals surface area contributed by atoms with E-state index in [1.807, 2.05) is 12.1 Å². The van der Waals surface area contributed by atoms with Gasteiger partial charge in [0.2, 0.25) is 0 Å². The van der Waals surface area contributed by atoms with Gasteiger partial charge in [-0.05, 0) is 24.6 Å². The van der Waals surface area contributed by atoms with Crippen molar-refractivity contribution in [1.29, 1.82) is 0 Å². The molecular formula is C14H13BrO3. The zero-order valence-corrected chi connectivity index (χ0v) is 11.7. The first-order valence-electron chi connectivity index (χ1n) is 5.66. The minimum atomic E-state index is -1.21. The SMILES string of the molecule is CC1=C(c2ccc(Br)cc2)C(=O)[C@@H](C)[C@@H](O)C1=O. The summed E-state index contributed by atoms with van der Waals surface area (Å²) in [5.74, 6) is -1.22. The third kappa shape index (κ3) is 2.06. The highest BCUT2D eigenvalue weighted by Crippen LogP contribution is 2.31. The van der Waals surface area contributed by atoms with Gasteiger partial charge in [-0.1, -0.05) is 35.0 Å². The Bertz CT molecular complexity index is 543. The van der Waals surface area contributed by atoms with E-state index < -0.39 is 12.0 Å². The fourth-order valence-corrected chi connectivity index (χ4v) is 2.37. The molecule has 0 spiro atoms. The Kier molecular flexibility index (Phi) is 3.50. The van der Waals surface area contributed by atoms with Crippen molar-refractivity contribution in [2.45, 2.75) is 20.0 Å². The molecule has 94 valence electrons. The molecule has 0 amide bonds. The Morgan fingerprint density at radius 3 is 2.22 bits per heavy atom. The van der Waals surface area contributed by atoms with Crippen molar-refractivity contribution in [2.24, 2.45) is 5.92 Å². The van der Waals surface area contributed by atoms with Crippen molar-refractivity contribution in [1.82, 2.24) is 0 Å². The van der Waals surface area contributed by atoms with E-state index in [0.717, 1.165) is 4.47 Å². The lowest BCUT2D eigenvalue weighted by Crippen LogP contribution is -2.39. The predicted octanol–water partition coefficient (Wildman–Crippen LogP) is 2.37. The van der Waals surface area contributed by atoms with Crippen LogP contribution in [0.25, 0.3) is 5.57 Å². The summed E-state index contributed by atoms with van der Waals surface area (Å²) in [6, 6.07) is 7.23. The van der Waals surface area contributed by atoms with Gasteiger partial charge in [0.15, 0.2) is 11.6 Å². The zero-order chi connectivity index (χ0) is 13.4. The van der Waals surface area contributed by atoms with E-state index in [4.69, 9.17) is 0 Å². The summed E-state index contributed by atoms with van der Waals surface area (Å²) in [6.07, 6.45) is -1.21. The Hall–Kier alpha value is -1.26. The first-order valence-corrected chi connectivity index (χ1v) is 6.46. The van der Waals surface area contributed by atoms with Crippen LogP contribution in [0.5, 0.6) is 0 Å². The van der Waals surface area contributed by atoms with E-state index in [1.165, 1.54) is 0 Å². The smallest absolute Gasteiger partial charge is 0.188 e.